The summed E-state index contributed by atoms with van der Waals surface area (Å²) >= 11 is 0. The highest BCUT2D eigenvalue weighted by Gasteiger charge is 2.23. The van der Waals surface area contributed by atoms with Crippen LogP contribution in [0.15, 0.2) is 0 Å². The first-order valence-electron chi connectivity index (χ1n) is 4.97. The van der Waals surface area contributed by atoms with Crippen molar-refractivity contribution in [3.05, 3.63) is 0 Å². The molecule has 1 atom stereocenters. The predicted molar refractivity (Wildman–Crippen MR) is 53.3 cm³/mol. The molecule has 11 heavy (non-hydrogen) atoms. The van der Waals surface area contributed by atoms with Crippen LogP contribution < -0.4 is 5.40 Å². The second-order valence-electron chi connectivity index (χ2n) is 4.22. The van der Waals surface area contributed by atoms with Gasteiger partial charge in [0.2, 0.25) is 0 Å². The molecule has 0 aliphatic heterocycles. The molecule has 0 saturated heterocycles. The van der Waals surface area contributed by atoms with E-state index in [-0.39, 0.29) is 0 Å². The molecular formula is C9H21NSi. The van der Waals surface area contributed by atoms with Gasteiger partial charge in [-0.3, -0.25) is 0 Å². The van der Waals surface area contributed by atoms with Crippen molar-refractivity contribution < 1.29 is 0 Å². The zero-order valence-electron chi connectivity index (χ0n) is 7.84. The highest BCUT2D eigenvalue weighted by Crippen LogP contribution is 2.32. The van der Waals surface area contributed by atoms with E-state index in [4.69, 9.17) is 5.40 Å². The predicted octanol–water partition coefficient (Wildman–Crippen LogP) is 2.41. The van der Waals surface area contributed by atoms with E-state index in [1.165, 1.54) is 32.1 Å². The van der Waals surface area contributed by atoms with Crippen molar-refractivity contribution in [2.24, 2.45) is 5.40 Å². The molecule has 0 radical (unpaired) electrons. The molecule has 0 bridgehead atoms. The van der Waals surface area contributed by atoms with E-state index in [1.807, 2.05) is 0 Å². The van der Waals surface area contributed by atoms with Gasteiger partial charge in [0.15, 0.2) is 0 Å². The lowest BCUT2D eigenvalue weighted by Crippen LogP contribution is -2.35. The average molecular weight is 171 g/mol. The first-order chi connectivity index (χ1) is 5.22. The summed E-state index contributed by atoms with van der Waals surface area (Å²) in [4.78, 5) is 0. The van der Waals surface area contributed by atoms with E-state index in [2.05, 4.69) is 13.8 Å². The Balaban J connectivity index is 2.32. The largest absolute Gasteiger partial charge is 0.353 e. The van der Waals surface area contributed by atoms with Crippen LogP contribution in [0.5, 0.6) is 0 Å². The maximum atomic E-state index is 6.23. The van der Waals surface area contributed by atoms with E-state index in [0.29, 0.717) is 0 Å². The third-order valence-corrected chi connectivity index (χ3v) is 6.26. The molecule has 0 amide bonds. The van der Waals surface area contributed by atoms with E-state index < -0.39 is 8.96 Å². The van der Waals surface area contributed by atoms with Crippen LogP contribution in [-0.4, -0.2) is 8.96 Å². The maximum Gasteiger partial charge on any atom is 0.111 e. The van der Waals surface area contributed by atoms with Crippen LogP contribution in [0.3, 0.4) is 0 Å². The number of hydrogen-bond acceptors (Lipinski definition) is 1. The van der Waals surface area contributed by atoms with Crippen molar-refractivity contribution in [2.75, 3.05) is 0 Å². The minimum absolute atomic E-state index is 0.804. The van der Waals surface area contributed by atoms with Crippen LogP contribution in [0.2, 0.25) is 11.1 Å². The van der Waals surface area contributed by atoms with Gasteiger partial charge in [0.05, 0.1) is 0 Å². The Hall–Kier alpha value is 0.177. The van der Waals surface area contributed by atoms with Gasteiger partial charge in [-0.05, 0) is 11.1 Å². The average Bonchev–Trinajstić information content (AvgIpc) is 2.05. The van der Waals surface area contributed by atoms with E-state index in [0.717, 1.165) is 11.1 Å². The summed E-state index contributed by atoms with van der Waals surface area (Å²) in [7, 11) is -0.857. The summed E-state index contributed by atoms with van der Waals surface area (Å²) in [5.74, 6) is 0. The molecule has 0 spiro atoms. The molecule has 0 aromatic heterocycles. The lowest BCUT2D eigenvalue weighted by Gasteiger charge is -2.28. The van der Waals surface area contributed by atoms with E-state index in [1.54, 1.807) is 0 Å². The van der Waals surface area contributed by atoms with Crippen LogP contribution in [0.25, 0.3) is 0 Å². The Morgan fingerprint density at radius 3 is 2.18 bits per heavy atom. The molecule has 0 aromatic rings. The fourth-order valence-corrected chi connectivity index (χ4v) is 4.39. The third kappa shape index (κ3) is 2.60. The lowest BCUT2D eigenvalue weighted by molar-refractivity contribution is 0.492. The van der Waals surface area contributed by atoms with Crippen LogP contribution in [0, 0.1) is 0 Å². The molecule has 2 heteroatoms. The van der Waals surface area contributed by atoms with Gasteiger partial charge in [-0.15, -0.1) is 0 Å². The van der Waals surface area contributed by atoms with Crippen molar-refractivity contribution in [1.29, 1.82) is 0 Å². The summed E-state index contributed by atoms with van der Waals surface area (Å²) in [6.07, 6.45) is 7.21. The summed E-state index contributed by atoms with van der Waals surface area (Å²) in [5, 5.41) is 6.23. The molecule has 2 N–H and O–H groups in total. The first-order valence-corrected chi connectivity index (χ1v) is 6.97. The third-order valence-electron chi connectivity index (χ3n) is 2.96. The van der Waals surface area contributed by atoms with Gasteiger partial charge in [-0.25, -0.2) is 0 Å². The Morgan fingerprint density at radius 2 is 1.73 bits per heavy atom. The molecule has 1 fully saturated rings. The second-order valence-corrected chi connectivity index (χ2v) is 7.65. The fraction of sp³-hybridized carbons (Fsp3) is 1.00. The minimum Gasteiger partial charge on any atom is -0.353 e. The van der Waals surface area contributed by atoms with Gasteiger partial charge in [0.25, 0.3) is 0 Å². The first kappa shape index (κ1) is 9.27. The zero-order valence-corrected chi connectivity index (χ0v) is 9.00. The normalized spacial score (nSPS) is 24.0. The topological polar surface area (TPSA) is 26.0 Å². The van der Waals surface area contributed by atoms with Crippen LogP contribution in [-0.2, 0) is 0 Å². The maximum absolute atomic E-state index is 6.23. The van der Waals surface area contributed by atoms with E-state index in [9.17, 15) is 0 Å². The van der Waals surface area contributed by atoms with Crippen LogP contribution in [0.1, 0.15) is 46.0 Å². The highest BCUT2D eigenvalue weighted by molar-refractivity contribution is 6.58. The van der Waals surface area contributed by atoms with Crippen molar-refractivity contribution in [3.63, 3.8) is 0 Å². The molecule has 1 saturated carbocycles. The lowest BCUT2D eigenvalue weighted by atomic mass is 10.0. The summed E-state index contributed by atoms with van der Waals surface area (Å²) in [6, 6.07) is 0. The fourth-order valence-electron chi connectivity index (χ4n) is 2.06. The van der Waals surface area contributed by atoms with Crippen molar-refractivity contribution >= 4 is 8.96 Å². The Labute approximate surface area is 72.1 Å². The van der Waals surface area contributed by atoms with Crippen molar-refractivity contribution in [3.8, 4) is 0 Å². The van der Waals surface area contributed by atoms with Gasteiger partial charge in [-0.1, -0.05) is 46.0 Å². The quantitative estimate of drug-likeness (QED) is 0.634. The Morgan fingerprint density at radius 1 is 1.18 bits per heavy atom. The molecule has 1 aliphatic rings. The molecule has 1 aliphatic carbocycles. The molecule has 0 heterocycles. The van der Waals surface area contributed by atoms with Crippen molar-refractivity contribution in [1.82, 2.24) is 0 Å². The summed E-state index contributed by atoms with van der Waals surface area (Å²) < 4.78 is 0. The van der Waals surface area contributed by atoms with Crippen LogP contribution in [0.4, 0.5) is 0 Å². The molecule has 1 unspecified atom stereocenters. The second kappa shape index (κ2) is 4.26. The SMILES string of the molecule is CC(C)[SiH](N)C1CCCCC1. The molecule has 0 aromatic carbocycles. The van der Waals surface area contributed by atoms with Gasteiger partial charge in [0.1, 0.15) is 8.96 Å². The Bertz CT molecular complexity index is 108. The zero-order chi connectivity index (χ0) is 8.27. The van der Waals surface area contributed by atoms with Gasteiger partial charge >= 0.3 is 0 Å². The van der Waals surface area contributed by atoms with Crippen LogP contribution >= 0.6 is 0 Å². The number of hydrogen-bond donors (Lipinski definition) is 1. The molecule has 1 nitrogen and oxygen atoms in total. The number of rotatable bonds is 2. The van der Waals surface area contributed by atoms with Gasteiger partial charge in [0, 0.05) is 0 Å². The minimum atomic E-state index is -0.857. The molecular weight excluding hydrogens is 150 g/mol. The van der Waals surface area contributed by atoms with Gasteiger partial charge in [-0.2, -0.15) is 0 Å². The summed E-state index contributed by atoms with van der Waals surface area (Å²) in [6.45, 7) is 4.59. The highest BCUT2D eigenvalue weighted by atomic mass is 28.3. The van der Waals surface area contributed by atoms with Gasteiger partial charge < -0.3 is 5.40 Å². The summed E-state index contributed by atoms with van der Waals surface area (Å²) in [5.41, 5.74) is 1.77. The molecule has 66 valence electrons. The standard InChI is InChI=1S/C9H21NSi/c1-8(2)11(10)9-6-4-3-5-7-9/h8-9,11H,3-7,10H2,1-2H3. The van der Waals surface area contributed by atoms with Crippen molar-refractivity contribution in [2.45, 2.75) is 57.0 Å². The molecule has 1 rings (SSSR count). The smallest absolute Gasteiger partial charge is 0.111 e. The number of nitrogens with two attached hydrogens (primary N) is 1. The Kier molecular flexibility index (Phi) is 3.59. The monoisotopic (exact) mass is 171 g/mol. The van der Waals surface area contributed by atoms with E-state index >= 15 is 0 Å².